The van der Waals surface area contributed by atoms with Gasteiger partial charge in [0.15, 0.2) is 11.5 Å². The highest BCUT2D eigenvalue weighted by atomic mass is 16.6. The van der Waals surface area contributed by atoms with Crippen molar-refractivity contribution >= 4 is 11.6 Å². The molecule has 1 amide bonds. The number of morpholine rings is 1. The second kappa shape index (κ2) is 8.41. The fraction of sp³-hybridized carbons (Fsp3) is 0.381. The highest BCUT2D eigenvalue weighted by Crippen LogP contribution is 2.31. The first-order chi connectivity index (χ1) is 13.3. The number of anilines is 1. The second-order valence-electron chi connectivity index (χ2n) is 6.75. The van der Waals surface area contributed by atoms with Crippen LogP contribution in [0.25, 0.3) is 0 Å². The topological polar surface area (TPSA) is 60.0 Å². The molecule has 4 rings (SSSR count). The minimum atomic E-state index is -0.652. The predicted molar refractivity (Wildman–Crippen MR) is 102 cm³/mol. The van der Waals surface area contributed by atoms with Gasteiger partial charge in [-0.25, -0.2) is 0 Å². The molecular formula is C21H24N2O4. The number of carbonyl (C=O) groups is 1. The molecule has 1 N–H and O–H groups in total. The molecule has 0 unspecified atom stereocenters. The molecule has 1 fully saturated rings. The summed E-state index contributed by atoms with van der Waals surface area (Å²) >= 11 is 0. The fourth-order valence-corrected chi connectivity index (χ4v) is 3.24. The van der Waals surface area contributed by atoms with Crippen LogP contribution in [-0.4, -0.2) is 56.4 Å². The van der Waals surface area contributed by atoms with Crippen LogP contribution in [-0.2, 0) is 16.0 Å². The van der Waals surface area contributed by atoms with Crippen LogP contribution in [0.5, 0.6) is 11.5 Å². The minimum absolute atomic E-state index is 0.203. The first kappa shape index (κ1) is 17.8. The lowest BCUT2D eigenvalue weighted by Gasteiger charge is -2.26. The van der Waals surface area contributed by atoms with E-state index >= 15 is 0 Å². The summed E-state index contributed by atoms with van der Waals surface area (Å²) in [5.74, 6) is 1.07. The first-order valence-corrected chi connectivity index (χ1v) is 9.36. The Kier molecular flexibility index (Phi) is 5.55. The number of nitrogens with zero attached hydrogens (tertiary/aromatic N) is 1. The number of fused-ring (bicyclic) bond motifs is 1. The molecule has 0 saturated carbocycles. The van der Waals surface area contributed by atoms with Crippen LogP contribution in [0.1, 0.15) is 5.56 Å². The highest BCUT2D eigenvalue weighted by molar-refractivity contribution is 5.94. The van der Waals surface area contributed by atoms with Crippen LogP contribution >= 0.6 is 0 Å². The summed E-state index contributed by atoms with van der Waals surface area (Å²) in [6.07, 6.45) is 0.339. The van der Waals surface area contributed by atoms with Gasteiger partial charge < -0.3 is 19.5 Å². The van der Waals surface area contributed by atoms with Gasteiger partial charge in [-0.1, -0.05) is 24.3 Å². The Balaban J connectivity index is 1.28. The molecular weight excluding hydrogens is 344 g/mol. The van der Waals surface area contributed by atoms with Crippen molar-refractivity contribution in [1.82, 2.24) is 4.90 Å². The van der Waals surface area contributed by atoms with Gasteiger partial charge in [0.2, 0.25) is 6.10 Å². The maximum atomic E-state index is 12.5. The molecule has 142 valence electrons. The molecule has 0 spiro atoms. The average molecular weight is 368 g/mol. The van der Waals surface area contributed by atoms with E-state index in [1.807, 2.05) is 30.3 Å². The highest BCUT2D eigenvalue weighted by Gasteiger charge is 2.27. The van der Waals surface area contributed by atoms with Gasteiger partial charge >= 0.3 is 0 Å². The number of carbonyl (C=O) groups excluding carboxylic acids is 1. The van der Waals surface area contributed by atoms with Crippen molar-refractivity contribution in [2.24, 2.45) is 0 Å². The molecule has 6 heteroatoms. The SMILES string of the molecule is O=C(Nc1ccc(CCN2CCOCC2)cc1)[C@@H]1COc2ccccc2O1. The van der Waals surface area contributed by atoms with E-state index in [0.29, 0.717) is 11.5 Å². The van der Waals surface area contributed by atoms with Crippen LogP contribution in [0, 0.1) is 0 Å². The quantitative estimate of drug-likeness (QED) is 0.878. The van der Waals surface area contributed by atoms with Gasteiger partial charge in [-0.2, -0.15) is 0 Å². The second-order valence-corrected chi connectivity index (χ2v) is 6.75. The third-order valence-corrected chi connectivity index (χ3v) is 4.84. The zero-order chi connectivity index (χ0) is 18.5. The van der Waals surface area contributed by atoms with Crippen molar-refractivity contribution in [2.45, 2.75) is 12.5 Å². The number of hydrogen-bond acceptors (Lipinski definition) is 5. The molecule has 2 aromatic carbocycles. The fourth-order valence-electron chi connectivity index (χ4n) is 3.24. The van der Waals surface area contributed by atoms with Gasteiger partial charge in [-0.3, -0.25) is 9.69 Å². The maximum absolute atomic E-state index is 12.5. The number of hydrogen-bond donors (Lipinski definition) is 1. The number of rotatable bonds is 5. The van der Waals surface area contributed by atoms with E-state index in [9.17, 15) is 4.79 Å². The maximum Gasteiger partial charge on any atom is 0.269 e. The molecule has 2 aliphatic heterocycles. The summed E-state index contributed by atoms with van der Waals surface area (Å²) in [6, 6.07) is 15.4. The van der Waals surface area contributed by atoms with E-state index < -0.39 is 6.10 Å². The molecule has 0 bridgehead atoms. The Morgan fingerprint density at radius 2 is 1.78 bits per heavy atom. The van der Waals surface area contributed by atoms with Crippen molar-refractivity contribution in [3.05, 3.63) is 54.1 Å². The van der Waals surface area contributed by atoms with Gasteiger partial charge in [0.1, 0.15) is 6.61 Å². The van der Waals surface area contributed by atoms with Gasteiger partial charge in [0.25, 0.3) is 5.91 Å². The summed E-state index contributed by atoms with van der Waals surface area (Å²) in [5, 5.41) is 2.90. The number of para-hydroxylation sites is 2. The predicted octanol–water partition coefficient (Wildman–Crippen LogP) is 2.34. The standard InChI is InChI=1S/C21H24N2O4/c24-21(20-15-26-18-3-1-2-4-19(18)27-20)22-17-7-5-16(6-8-17)9-10-23-11-13-25-14-12-23/h1-8,20H,9-15H2,(H,22,24)/t20-/m0/s1. The molecule has 6 nitrogen and oxygen atoms in total. The lowest BCUT2D eigenvalue weighted by molar-refractivity contribution is -0.125. The molecule has 27 heavy (non-hydrogen) atoms. The number of amides is 1. The van der Waals surface area contributed by atoms with Crippen molar-refractivity contribution in [3.8, 4) is 11.5 Å². The largest absolute Gasteiger partial charge is 0.485 e. The molecule has 2 aromatic rings. The summed E-state index contributed by atoms with van der Waals surface area (Å²) in [4.78, 5) is 14.9. The smallest absolute Gasteiger partial charge is 0.269 e. The Labute approximate surface area is 159 Å². The van der Waals surface area contributed by atoms with Gasteiger partial charge in [-0.15, -0.1) is 0 Å². The van der Waals surface area contributed by atoms with Crippen LogP contribution in [0.2, 0.25) is 0 Å². The summed E-state index contributed by atoms with van der Waals surface area (Å²) < 4.78 is 16.7. The zero-order valence-electron chi connectivity index (χ0n) is 15.2. The minimum Gasteiger partial charge on any atom is -0.485 e. The lowest BCUT2D eigenvalue weighted by atomic mass is 10.1. The average Bonchev–Trinajstić information content (AvgIpc) is 2.73. The van der Waals surface area contributed by atoms with Crippen molar-refractivity contribution in [3.63, 3.8) is 0 Å². The number of benzene rings is 2. The molecule has 0 aromatic heterocycles. The van der Waals surface area contributed by atoms with E-state index in [0.717, 1.165) is 45.0 Å². The Morgan fingerprint density at radius 3 is 2.56 bits per heavy atom. The molecule has 1 atom stereocenters. The normalized spacial score (nSPS) is 19.5. The summed E-state index contributed by atoms with van der Waals surface area (Å²) in [6.45, 7) is 4.88. The molecule has 2 heterocycles. The third-order valence-electron chi connectivity index (χ3n) is 4.84. The van der Waals surface area contributed by atoms with Gasteiger partial charge in [0.05, 0.1) is 13.2 Å². The van der Waals surface area contributed by atoms with Crippen LogP contribution in [0.3, 0.4) is 0 Å². The molecule has 0 aliphatic carbocycles. The van der Waals surface area contributed by atoms with Crippen LogP contribution in [0.15, 0.2) is 48.5 Å². The molecule has 0 radical (unpaired) electrons. The zero-order valence-corrected chi connectivity index (χ0v) is 15.2. The molecule has 1 saturated heterocycles. The third kappa shape index (κ3) is 4.59. The number of ether oxygens (including phenoxy) is 3. The van der Waals surface area contributed by atoms with Gasteiger partial charge in [-0.05, 0) is 36.2 Å². The first-order valence-electron chi connectivity index (χ1n) is 9.36. The van der Waals surface area contributed by atoms with Crippen LogP contribution < -0.4 is 14.8 Å². The lowest BCUT2D eigenvalue weighted by Crippen LogP contribution is -2.40. The summed E-state index contributed by atoms with van der Waals surface area (Å²) in [5.41, 5.74) is 2.02. The van der Waals surface area contributed by atoms with E-state index in [1.54, 1.807) is 6.07 Å². The van der Waals surface area contributed by atoms with E-state index in [1.165, 1.54) is 5.56 Å². The van der Waals surface area contributed by atoms with Crippen LogP contribution in [0.4, 0.5) is 5.69 Å². The van der Waals surface area contributed by atoms with E-state index in [4.69, 9.17) is 14.2 Å². The molecule has 2 aliphatic rings. The Hall–Kier alpha value is -2.57. The van der Waals surface area contributed by atoms with Crippen molar-refractivity contribution in [1.29, 1.82) is 0 Å². The van der Waals surface area contributed by atoms with E-state index in [2.05, 4.69) is 22.3 Å². The van der Waals surface area contributed by atoms with E-state index in [-0.39, 0.29) is 12.5 Å². The van der Waals surface area contributed by atoms with Crippen molar-refractivity contribution in [2.75, 3.05) is 44.8 Å². The Morgan fingerprint density at radius 1 is 1.04 bits per heavy atom. The van der Waals surface area contributed by atoms with Gasteiger partial charge in [0, 0.05) is 25.3 Å². The number of nitrogens with one attached hydrogen (secondary N) is 1. The van der Waals surface area contributed by atoms with Crippen molar-refractivity contribution < 1.29 is 19.0 Å². The summed E-state index contributed by atoms with van der Waals surface area (Å²) in [7, 11) is 0. The monoisotopic (exact) mass is 368 g/mol. The Bertz CT molecular complexity index is 772.